The number of nitrogens with two attached hydrogens (primary N) is 1. The fourth-order valence-corrected chi connectivity index (χ4v) is 1.54. The van der Waals surface area contributed by atoms with Crippen molar-refractivity contribution in [2.45, 2.75) is 33.1 Å². The van der Waals surface area contributed by atoms with E-state index in [9.17, 15) is 19.5 Å². The van der Waals surface area contributed by atoms with E-state index in [0.29, 0.717) is 12.1 Å². The Kier molecular flexibility index (Phi) is 10.4. The molecule has 0 aliphatic carbocycles. The molecule has 0 rings (SSSR count). The second-order valence-corrected chi connectivity index (χ2v) is 4.44. The first kappa shape index (κ1) is 19.9. The van der Waals surface area contributed by atoms with Crippen molar-refractivity contribution in [1.29, 1.82) is 0 Å². The number of esters is 1. The molecule has 0 radical (unpaired) electrons. The summed E-state index contributed by atoms with van der Waals surface area (Å²) in [6.07, 6.45) is 3.31. The van der Waals surface area contributed by atoms with Gasteiger partial charge in [-0.05, 0) is 19.4 Å². The molecule has 0 saturated carbocycles. The van der Waals surface area contributed by atoms with Gasteiger partial charge in [0, 0.05) is 13.0 Å². The molecule has 0 spiro atoms. The zero-order chi connectivity index (χ0) is 17.0. The maximum absolute atomic E-state index is 11.5. The summed E-state index contributed by atoms with van der Waals surface area (Å²) in [7, 11) is 0. The van der Waals surface area contributed by atoms with Gasteiger partial charge in [0.15, 0.2) is 5.76 Å². The third kappa shape index (κ3) is 8.21. The van der Waals surface area contributed by atoms with Crippen LogP contribution in [0.2, 0.25) is 0 Å². The summed E-state index contributed by atoms with van der Waals surface area (Å²) in [5, 5.41) is 12.6. The summed E-state index contributed by atoms with van der Waals surface area (Å²) in [4.78, 5) is 33.8. The molecule has 0 aliphatic rings. The van der Waals surface area contributed by atoms with Crippen molar-refractivity contribution in [2.24, 2.45) is 5.73 Å². The van der Waals surface area contributed by atoms with Crippen molar-refractivity contribution in [1.82, 2.24) is 5.32 Å². The number of ether oxygens (including phenoxy) is 1. The first-order valence-electron chi connectivity index (χ1n) is 7.16. The molecule has 4 N–H and O–H groups in total. The number of Topliss-reactive ketones (excluding diaryl/α,β-unsaturated/α-hetero) is 1. The van der Waals surface area contributed by atoms with Crippen LogP contribution < -0.4 is 11.1 Å². The maximum Gasteiger partial charge on any atom is 0.306 e. The summed E-state index contributed by atoms with van der Waals surface area (Å²) in [6.45, 7) is 3.71. The van der Waals surface area contributed by atoms with Gasteiger partial charge in [0.05, 0.1) is 18.7 Å². The molecule has 0 aromatic carbocycles. The van der Waals surface area contributed by atoms with Crippen molar-refractivity contribution in [3.05, 3.63) is 23.6 Å². The summed E-state index contributed by atoms with van der Waals surface area (Å²) < 4.78 is 4.92. The zero-order valence-electron chi connectivity index (χ0n) is 13.1. The predicted molar refractivity (Wildman–Crippen MR) is 82.0 cm³/mol. The number of hydrogen-bond donors (Lipinski definition) is 3. The highest BCUT2D eigenvalue weighted by atomic mass is 16.5. The molecule has 124 valence electrons. The molecule has 22 heavy (non-hydrogen) atoms. The largest absolute Gasteiger partial charge is 0.503 e. The molecule has 0 bridgehead atoms. The van der Waals surface area contributed by atoms with Gasteiger partial charge < -0.3 is 20.9 Å². The fraction of sp³-hybridized carbons (Fsp3) is 0.533. The van der Waals surface area contributed by atoms with E-state index in [0.717, 1.165) is 0 Å². The van der Waals surface area contributed by atoms with E-state index in [4.69, 9.17) is 10.5 Å². The maximum atomic E-state index is 11.5. The molecule has 0 amide bonds. The van der Waals surface area contributed by atoms with Crippen LogP contribution in [-0.2, 0) is 19.1 Å². The molecular weight excluding hydrogens is 288 g/mol. The van der Waals surface area contributed by atoms with E-state index in [1.54, 1.807) is 13.8 Å². The lowest BCUT2D eigenvalue weighted by atomic mass is 10.2. The Labute approximate surface area is 130 Å². The highest BCUT2D eigenvalue weighted by molar-refractivity contribution is 6.02. The molecule has 0 atom stereocenters. The van der Waals surface area contributed by atoms with Gasteiger partial charge in [-0.2, -0.15) is 0 Å². The van der Waals surface area contributed by atoms with Gasteiger partial charge in [-0.15, -0.1) is 0 Å². The number of nitrogens with one attached hydrogen (secondary N) is 1. The number of allylic oxidation sites excluding steroid dienone is 3. The van der Waals surface area contributed by atoms with Gasteiger partial charge in [0.1, 0.15) is 12.4 Å². The lowest BCUT2D eigenvalue weighted by Crippen LogP contribution is -2.23. The average molecular weight is 312 g/mol. The highest BCUT2D eigenvalue weighted by Crippen LogP contribution is 2.04. The minimum absolute atomic E-state index is 0.00244. The number of hydrogen-bond acceptors (Lipinski definition) is 7. The molecule has 0 aromatic heterocycles. The Balaban J connectivity index is 4.16. The Morgan fingerprint density at radius 2 is 1.95 bits per heavy atom. The molecule has 7 nitrogen and oxygen atoms in total. The first-order valence-corrected chi connectivity index (χ1v) is 7.16. The van der Waals surface area contributed by atoms with Crippen LogP contribution in [0, 0.1) is 0 Å². The number of carbonyl (C=O) groups is 3. The molecule has 0 heterocycles. The molecule has 7 heteroatoms. The number of carbonyl (C=O) groups excluding carboxylic acids is 3. The third-order valence-corrected chi connectivity index (χ3v) is 2.73. The van der Waals surface area contributed by atoms with Crippen LogP contribution in [-0.4, -0.2) is 42.3 Å². The zero-order valence-corrected chi connectivity index (χ0v) is 13.1. The van der Waals surface area contributed by atoms with Crippen LogP contribution in [0.4, 0.5) is 0 Å². The van der Waals surface area contributed by atoms with Crippen LogP contribution in [0.15, 0.2) is 23.6 Å². The fourth-order valence-electron chi connectivity index (χ4n) is 1.54. The van der Waals surface area contributed by atoms with Crippen LogP contribution >= 0.6 is 0 Å². The van der Waals surface area contributed by atoms with Gasteiger partial charge >= 0.3 is 5.97 Å². The van der Waals surface area contributed by atoms with Gasteiger partial charge in [-0.3, -0.25) is 14.4 Å². The van der Waals surface area contributed by atoms with Crippen molar-refractivity contribution in [2.75, 3.05) is 19.7 Å². The SMILES string of the molecule is C/C=C\C(=O)C(O)=C(CC)NCCOC(=O)CCC(=O)CN. The van der Waals surface area contributed by atoms with E-state index in [2.05, 4.69) is 5.32 Å². The normalized spacial score (nSPS) is 12.0. The summed E-state index contributed by atoms with van der Waals surface area (Å²) in [6, 6.07) is 0. The van der Waals surface area contributed by atoms with Crippen LogP contribution in [0.5, 0.6) is 0 Å². The third-order valence-electron chi connectivity index (χ3n) is 2.73. The second kappa shape index (κ2) is 11.5. The lowest BCUT2D eigenvalue weighted by molar-refractivity contribution is -0.144. The Hall–Kier alpha value is -2.15. The van der Waals surface area contributed by atoms with Crippen molar-refractivity contribution < 1.29 is 24.2 Å². The minimum Gasteiger partial charge on any atom is -0.503 e. The quantitative estimate of drug-likeness (QED) is 0.223. The van der Waals surface area contributed by atoms with Crippen molar-refractivity contribution in [3.63, 3.8) is 0 Å². The Bertz CT molecular complexity index is 455. The molecule has 0 aliphatic heterocycles. The Morgan fingerprint density at radius 1 is 1.27 bits per heavy atom. The smallest absolute Gasteiger partial charge is 0.306 e. The number of aliphatic hydroxyl groups excluding tert-OH is 1. The van der Waals surface area contributed by atoms with Crippen LogP contribution in [0.1, 0.15) is 33.1 Å². The van der Waals surface area contributed by atoms with Crippen molar-refractivity contribution in [3.8, 4) is 0 Å². The molecule has 0 aromatic rings. The van der Waals surface area contributed by atoms with Gasteiger partial charge in [0.2, 0.25) is 5.78 Å². The summed E-state index contributed by atoms with van der Waals surface area (Å²) >= 11 is 0. The topological polar surface area (TPSA) is 119 Å². The summed E-state index contributed by atoms with van der Waals surface area (Å²) in [5.74, 6) is -1.51. The number of rotatable bonds is 11. The molecule has 0 saturated heterocycles. The van der Waals surface area contributed by atoms with E-state index in [1.807, 2.05) is 0 Å². The molecule has 0 fully saturated rings. The number of ketones is 2. The molecule has 0 unspecified atom stereocenters. The Morgan fingerprint density at radius 3 is 2.50 bits per heavy atom. The second-order valence-electron chi connectivity index (χ2n) is 4.44. The molecular formula is C15H24N2O5. The minimum atomic E-state index is -0.486. The summed E-state index contributed by atoms with van der Waals surface area (Å²) in [5.41, 5.74) is 5.52. The van der Waals surface area contributed by atoms with E-state index in [-0.39, 0.29) is 44.1 Å². The van der Waals surface area contributed by atoms with Crippen LogP contribution in [0.3, 0.4) is 0 Å². The van der Waals surface area contributed by atoms with E-state index < -0.39 is 11.8 Å². The van der Waals surface area contributed by atoms with Gasteiger partial charge in [-0.25, -0.2) is 0 Å². The lowest BCUT2D eigenvalue weighted by Gasteiger charge is -2.11. The van der Waals surface area contributed by atoms with Gasteiger partial charge in [-0.1, -0.05) is 13.0 Å². The monoisotopic (exact) mass is 312 g/mol. The van der Waals surface area contributed by atoms with E-state index >= 15 is 0 Å². The number of aliphatic hydroxyl groups is 1. The average Bonchev–Trinajstić information content (AvgIpc) is 2.52. The van der Waals surface area contributed by atoms with Crippen LogP contribution in [0.25, 0.3) is 0 Å². The standard InChI is InChI=1S/C15H24N2O5/c1-3-5-13(19)15(21)12(4-2)17-8-9-22-14(20)7-6-11(18)10-16/h3,5,17,21H,4,6-10,16H2,1-2H3/b5-3-,15-12?. The highest BCUT2D eigenvalue weighted by Gasteiger charge is 2.10. The van der Waals surface area contributed by atoms with Crippen molar-refractivity contribution >= 4 is 17.5 Å². The van der Waals surface area contributed by atoms with Gasteiger partial charge in [0.25, 0.3) is 0 Å². The van der Waals surface area contributed by atoms with E-state index in [1.165, 1.54) is 12.2 Å². The first-order chi connectivity index (χ1) is 10.5. The predicted octanol–water partition coefficient (Wildman–Crippen LogP) is 0.752.